The molecule has 0 radical (unpaired) electrons. The molecule has 0 aliphatic carbocycles. The second kappa shape index (κ2) is 6.70. The molecular weight excluding hydrogens is 320 g/mol. The van der Waals surface area contributed by atoms with Gasteiger partial charge in [0.1, 0.15) is 23.0 Å². The zero-order chi connectivity index (χ0) is 17.0. The van der Waals surface area contributed by atoms with Gasteiger partial charge in [0, 0.05) is 6.26 Å². The highest BCUT2D eigenvalue weighted by atomic mass is 32.2. The fourth-order valence-corrected chi connectivity index (χ4v) is 2.77. The second-order valence-electron chi connectivity index (χ2n) is 4.88. The maximum atomic E-state index is 11.8. The first-order valence-corrected chi connectivity index (χ1v) is 8.53. The molecule has 0 atom stereocenters. The number of methoxy groups -OCH3 is 1. The minimum absolute atomic E-state index is 0.109. The summed E-state index contributed by atoms with van der Waals surface area (Å²) in [4.78, 5) is 10.8. The van der Waals surface area contributed by atoms with Gasteiger partial charge in [-0.25, -0.2) is 13.2 Å². The summed E-state index contributed by atoms with van der Waals surface area (Å²) in [6.07, 6.45) is 1.01. The van der Waals surface area contributed by atoms with Gasteiger partial charge in [-0.05, 0) is 35.9 Å². The van der Waals surface area contributed by atoms with E-state index in [0.717, 1.165) is 17.9 Å². The lowest BCUT2D eigenvalue weighted by Crippen LogP contribution is -2.06. The Morgan fingerprint density at radius 3 is 2.30 bits per heavy atom. The van der Waals surface area contributed by atoms with Crippen molar-refractivity contribution in [3.05, 3.63) is 53.6 Å². The average Bonchev–Trinajstić information content (AvgIpc) is 2.52. The maximum absolute atomic E-state index is 11.8. The van der Waals surface area contributed by atoms with Crippen LogP contribution in [0.2, 0.25) is 0 Å². The highest BCUT2D eigenvalue weighted by Gasteiger charge is 2.17. The van der Waals surface area contributed by atoms with E-state index in [1.54, 1.807) is 31.4 Å². The van der Waals surface area contributed by atoms with E-state index in [2.05, 4.69) is 0 Å². The van der Waals surface area contributed by atoms with Gasteiger partial charge in [-0.2, -0.15) is 0 Å². The number of sulfone groups is 1. The number of benzene rings is 2. The third kappa shape index (κ3) is 4.23. The quantitative estimate of drug-likeness (QED) is 0.871. The highest BCUT2D eigenvalue weighted by Crippen LogP contribution is 2.26. The molecule has 0 bridgehead atoms. The molecule has 2 aromatic rings. The Morgan fingerprint density at radius 1 is 1.13 bits per heavy atom. The molecule has 0 fully saturated rings. The van der Waals surface area contributed by atoms with Crippen molar-refractivity contribution in [2.75, 3.05) is 13.4 Å². The Hall–Kier alpha value is -2.54. The van der Waals surface area contributed by atoms with Crippen LogP contribution in [0.3, 0.4) is 0 Å². The van der Waals surface area contributed by atoms with Gasteiger partial charge in [-0.3, -0.25) is 0 Å². The first kappa shape index (κ1) is 16.8. The molecule has 0 unspecified atom stereocenters. The van der Waals surface area contributed by atoms with Crippen LogP contribution in [0.1, 0.15) is 15.9 Å². The van der Waals surface area contributed by atoms with Gasteiger partial charge in [0.25, 0.3) is 0 Å². The van der Waals surface area contributed by atoms with Gasteiger partial charge >= 0.3 is 5.97 Å². The lowest BCUT2D eigenvalue weighted by atomic mass is 10.2. The Morgan fingerprint density at radius 2 is 1.78 bits per heavy atom. The molecule has 23 heavy (non-hydrogen) atoms. The third-order valence-electron chi connectivity index (χ3n) is 3.14. The normalized spacial score (nSPS) is 11.0. The molecule has 1 N–H and O–H groups in total. The summed E-state index contributed by atoms with van der Waals surface area (Å²) in [5.41, 5.74) is 0.717. The summed E-state index contributed by atoms with van der Waals surface area (Å²) < 4.78 is 34.3. The van der Waals surface area contributed by atoms with Gasteiger partial charge in [0.05, 0.1) is 12.7 Å². The van der Waals surface area contributed by atoms with Crippen LogP contribution in [0.15, 0.2) is 47.4 Å². The standard InChI is InChI=1S/C16H16O6S/c1-21-13-6-3-11(4-7-13)10-22-14-8-5-12(16(17)18)9-15(14)23(2,19)20/h3-9H,10H2,1-2H3,(H,17,18). The van der Waals surface area contributed by atoms with Crippen LogP contribution < -0.4 is 9.47 Å². The first-order valence-electron chi connectivity index (χ1n) is 6.64. The van der Waals surface area contributed by atoms with Crippen molar-refractivity contribution in [2.24, 2.45) is 0 Å². The second-order valence-corrected chi connectivity index (χ2v) is 6.86. The Kier molecular flexibility index (Phi) is 4.90. The van der Waals surface area contributed by atoms with E-state index in [1.807, 2.05) is 0 Å². The van der Waals surface area contributed by atoms with Crippen LogP contribution in [-0.4, -0.2) is 32.9 Å². The molecule has 0 spiro atoms. The number of aromatic carboxylic acids is 1. The predicted molar refractivity (Wildman–Crippen MR) is 83.8 cm³/mol. The minimum Gasteiger partial charge on any atom is -0.497 e. The van der Waals surface area contributed by atoms with Gasteiger partial charge < -0.3 is 14.6 Å². The third-order valence-corrected chi connectivity index (χ3v) is 4.26. The van der Waals surface area contributed by atoms with Crippen molar-refractivity contribution in [1.29, 1.82) is 0 Å². The molecule has 0 aromatic heterocycles. The van der Waals surface area contributed by atoms with E-state index in [0.29, 0.717) is 5.75 Å². The van der Waals surface area contributed by atoms with E-state index in [-0.39, 0.29) is 22.8 Å². The Bertz CT molecular complexity index is 809. The van der Waals surface area contributed by atoms with Crippen molar-refractivity contribution in [1.82, 2.24) is 0 Å². The minimum atomic E-state index is -3.61. The summed E-state index contributed by atoms with van der Waals surface area (Å²) in [5, 5.41) is 8.98. The van der Waals surface area contributed by atoms with Crippen LogP contribution in [-0.2, 0) is 16.4 Å². The first-order chi connectivity index (χ1) is 10.8. The van der Waals surface area contributed by atoms with Crippen molar-refractivity contribution in [2.45, 2.75) is 11.5 Å². The van der Waals surface area contributed by atoms with Gasteiger partial charge in [0.2, 0.25) is 0 Å². The Balaban J connectivity index is 2.26. The monoisotopic (exact) mass is 336 g/mol. The molecular formula is C16H16O6S. The fourth-order valence-electron chi connectivity index (χ4n) is 1.93. The van der Waals surface area contributed by atoms with Crippen LogP contribution in [0.5, 0.6) is 11.5 Å². The summed E-state index contributed by atoms with van der Waals surface area (Å²) in [6.45, 7) is 0.152. The summed E-state index contributed by atoms with van der Waals surface area (Å²) in [7, 11) is -2.05. The van der Waals surface area contributed by atoms with E-state index in [1.165, 1.54) is 12.1 Å². The summed E-state index contributed by atoms with van der Waals surface area (Å²) >= 11 is 0. The molecule has 0 amide bonds. The summed E-state index contributed by atoms with van der Waals surface area (Å²) in [6, 6.07) is 10.9. The van der Waals surface area contributed by atoms with Gasteiger partial charge in [-0.15, -0.1) is 0 Å². The van der Waals surface area contributed by atoms with Gasteiger partial charge in [-0.1, -0.05) is 12.1 Å². The lowest BCUT2D eigenvalue weighted by molar-refractivity contribution is 0.0696. The smallest absolute Gasteiger partial charge is 0.335 e. The molecule has 0 aliphatic heterocycles. The number of rotatable bonds is 6. The van der Waals surface area contributed by atoms with Crippen LogP contribution >= 0.6 is 0 Å². The number of carbonyl (C=O) groups is 1. The zero-order valence-electron chi connectivity index (χ0n) is 12.6. The fraction of sp³-hybridized carbons (Fsp3) is 0.188. The molecule has 0 heterocycles. The largest absolute Gasteiger partial charge is 0.497 e. The highest BCUT2D eigenvalue weighted by molar-refractivity contribution is 7.90. The molecule has 2 rings (SSSR count). The molecule has 7 heteroatoms. The molecule has 0 aliphatic rings. The SMILES string of the molecule is COc1ccc(COc2ccc(C(=O)O)cc2S(C)(=O)=O)cc1. The predicted octanol–water partition coefficient (Wildman–Crippen LogP) is 2.38. The topological polar surface area (TPSA) is 89.9 Å². The molecule has 0 saturated carbocycles. The van der Waals surface area contributed by atoms with Crippen molar-refractivity contribution < 1.29 is 27.8 Å². The summed E-state index contributed by atoms with van der Waals surface area (Å²) in [5.74, 6) is -0.374. The molecule has 2 aromatic carbocycles. The number of hydrogen-bond donors (Lipinski definition) is 1. The van der Waals surface area contributed by atoms with E-state index in [4.69, 9.17) is 14.6 Å². The lowest BCUT2D eigenvalue weighted by Gasteiger charge is -2.11. The van der Waals surface area contributed by atoms with E-state index >= 15 is 0 Å². The number of carboxylic acid groups (broad SMARTS) is 1. The average molecular weight is 336 g/mol. The van der Waals surface area contributed by atoms with E-state index < -0.39 is 15.8 Å². The molecule has 122 valence electrons. The molecule has 0 saturated heterocycles. The van der Waals surface area contributed by atoms with Crippen molar-refractivity contribution in [3.8, 4) is 11.5 Å². The Labute approximate surface area is 134 Å². The number of carboxylic acids is 1. The molecule has 6 nitrogen and oxygen atoms in total. The number of ether oxygens (including phenoxy) is 2. The van der Waals surface area contributed by atoms with Crippen LogP contribution in [0.25, 0.3) is 0 Å². The maximum Gasteiger partial charge on any atom is 0.335 e. The number of hydrogen-bond acceptors (Lipinski definition) is 5. The van der Waals surface area contributed by atoms with E-state index in [9.17, 15) is 13.2 Å². The van der Waals surface area contributed by atoms with Crippen molar-refractivity contribution >= 4 is 15.8 Å². The zero-order valence-corrected chi connectivity index (χ0v) is 13.5. The van der Waals surface area contributed by atoms with Crippen molar-refractivity contribution in [3.63, 3.8) is 0 Å². The van der Waals surface area contributed by atoms with Crippen LogP contribution in [0.4, 0.5) is 0 Å². The van der Waals surface area contributed by atoms with Gasteiger partial charge in [0.15, 0.2) is 9.84 Å². The van der Waals surface area contributed by atoms with Crippen LogP contribution in [0, 0.1) is 0 Å².